The van der Waals surface area contributed by atoms with Crippen LogP contribution in [0.2, 0.25) is 0 Å². The molecule has 1 atom stereocenters. The first-order chi connectivity index (χ1) is 7.36. The molecule has 0 radical (unpaired) electrons. The second-order valence-corrected chi connectivity index (χ2v) is 4.34. The quantitative estimate of drug-likeness (QED) is 0.857. The first-order valence-electron chi connectivity index (χ1n) is 4.97. The second-order valence-electron chi connectivity index (χ2n) is 3.41. The summed E-state index contributed by atoms with van der Waals surface area (Å²) in [5.74, 6) is 0. The third kappa shape index (κ3) is 2.88. The monoisotopic (exact) mass is 219 g/mol. The van der Waals surface area contributed by atoms with Gasteiger partial charge >= 0.3 is 0 Å². The van der Waals surface area contributed by atoms with Gasteiger partial charge in [0.2, 0.25) is 0 Å². The highest BCUT2D eigenvalue weighted by Gasteiger charge is 2.09. The Morgan fingerprint density at radius 3 is 2.73 bits per heavy atom. The molecule has 0 bridgehead atoms. The number of thiazole rings is 1. The molecular weight excluding hydrogens is 206 g/mol. The van der Waals surface area contributed by atoms with Crippen LogP contribution in [-0.4, -0.2) is 10.1 Å². The van der Waals surface area contributed by atoms with Gasteiger partial charge in [-0.3, -0.25) is 0 Å². The predicted molar refractivity (Wildman–Crippen MR) is 61.8 cm³/mol. The summed E-state index contributed by atoms with van der Waals surface area (Å²) in [5, 5.41) is 12.5. The SMILES string of the molecule is OC(CCc1ccccc1)c1nccs1. The summed E-state index contributed by atoms with van der Waals surface area (Å²) in [6.45, 7) is 0. The van der Waals surface area contributed by atoms with Crippen molar-refractivity contribution >= 4 is 11.3 Å². The number of hydrogen-bond acceptors (Lipinski definition) is 3. The molecule has 78 valence electrons. The van der Waals surface area contributed by atoms with Crippen molar-refractivity contribution < 1.29 is 5.11 Å². The fourth-order valence-electron chi connectivity index (χ4n) is 1.47. The standard InChI is InChI=1S/C12H13NOS/c14-11(12-13-8-9-15-12)7-6-10-4-2-1-3-5-10/h1-5,8-9,11,14H,6-7H2. The number of hydrogen-bond donors (Lipinski definition) is 1. The Morgan fingerprint density at radius 2 is 2.07 bits per heavy atom. The smallest absolute Gasteiger partial charge is 0.121 e. The van der Waals surface area contributed by atoms with Crippen LogP contribution in [0.4, 0.5) is 0 Å². The number of aliphatic hydroxyl groups is 1. The molecule has 3 heteroatoms. The maximum Gasteiger partial charge on any atom is 0.121 e. The van der Waals surface area contributed by atoms with Gasteiger partial charge in [0.15, 0.2) is 0 Å². The molecule has 0 amide bonds. The van der Waals surface area contributed by atoms with Crippen LogP contribution in [0.1, 0.15) is 23.1 Å². The molecule has 1 aromatic carbocycles. The zero-order valence-corrected chi connectivity index (χ0v) is 9.15. The van der Waals surface area contributed by atoms with E-state index in [-0.39, 0.29) is 0 Å². The zero-order valence-electron chi connectivity index (χ0n) is 8.34. The Hall–Kier alpha value is -1.19. The van der Waals surface area contributed by atoms with Crippen molar-refractivity contribution in [1.29, 1.82) is 0 Å². The van der Waals surface area contributed by atoms with Gasteiger partial charge in [-0.25, -0.2) is 4.98 Å². The Labute approximate surface area is 93.2 Å². The van der Waals surface area contributed by atoms with Crippen LogP contribution in [0.25, 0.3) is 0 Å². The number of rotatable bonds is 4. The van der Waals surface area contributed by atoms with Crippen LogP contribution in [0, 0.1) is 0 Å². The second kappa shape index (κ2) is 5.05. The molecule has 0 saturated carbocycles. The van der Waals surface area contributed by atoms with Crippen LogP contribution in [0.5, 0.6) is 0 Å². The van der Waals surface area contributed by atoms with Crippen molar-refractivity contribution in [2.45, 2.75) is 18.9 Å². The highest BCUT2D eigenvalue weighted by Crippen LogP contribution is 2.20. The van der Waals surface area contributed by atoms with E-state index in [1.54, 1.807) is 6.20 Å². The van der Waals surface area contributed by atoms with Crippen molar-refractivity contribution in [2.75, 3.05) is 0 Å². The predicted octanol–water partition coefficient (Wildman–Crippen LogP) is 2.81. The van der Waals surface area contributed by atoms with E-state index >= 15 is 0 Å². The number of aromatic nitrogens is 1. The van der Waals surface area contributed by atoms with E-state index in [1.807, 2.05) is 23.6 Å². The Bertz CT molecular complexity index is 385. The first kappa shape index (κ1) is 10.3. The van der Waals surface area contributed by atoms with Gasteiger partial charge in [0.1, 0.15) is 11.1 Å². The molecule has 0 fully saturated rings. The minimum atomic E-state index is -0.426. The lowest BCUT2D eigenvalue weighted by Crippen LogP contribution is -1.98. The molecule has 2 nitrogen and oxygen atoms in total. The molecule has 1 aromatic heterocycles. The van der Waals surface area contributed by atoms with Crippen LogP contribution < -0.4 is 0 Å². The van der Waals surface area contributed by atoms with E-state index in [0.717, 1.165) is 17.8 Å². The molecule has 1 N–H and O–H groups in total. The Kier molecular flexibility index (Phi) is 3.48. The third-order valence-corrected chi connectivity index (χ3v) is 3.16. The lowest BCUT2D eigenvalue weighted by molar-refractivity contribution is 0.167. The van der Waals surface area contributed by atoms with Crippen molar-refractivity contribution in [3.63, 3.8) is 0 Å². The molecule has 0 aliphatic heterocycles. The Balaban J connectivity index is 1.89. The summed E-state index contributed by atoms with van der Waals surface area (Å²) in [6, 6.07) is 10.2. The molecule has 2 aromatic rings. The molecule has 0 aliphatic rings. The molecule has 1 unspecified atom stereocenters. The molecule has 0 spiro atoms. The lowest BCUT2D eigenvalue weighted by atomic mass is 10.1. The minimum Gasteiger partial charge on any atom is -0.386 e. The van der Waals surface area contributed by atoms with E-state index < -0.39 is 6.10 Å². The van der Waals surface area contributed by atoms with E-state index in [9.17, 15) is 5.11 Å². The zero-order chi connectivity index (χ0) is 10.5. The van der Waals surface area contributed by atoms with Gasteiger partial charge in [0.25, 0.3) is 0 Å². The van der Waals surface area contributed by atoms with Crippen molar-refractivity contribution in [3.8, 4) is 0 Å². The Morgan fingerprint density at radius 1 is 1.27 bits per heavy atom. The number of benzene rings is 1. The molecule has 15 heavy (non-hydrogen) atoms. The van der Waals surface area contributed by atoms with Gasteiger partial charge in [0, 0.05) is 11.6 Å². The maximum atomic E-state index is 9.82. The van der Waals surface area contributed by atoms with Gasteiger partial charge in [-0.05, 0) is 18.4 Å². The molecular formula is C12H13NOS. The lowest BCUT2D eigenvalue weighted by Gasteiger charge is -2.06. The van der Waals surface area contributed by atoms with E-state index in [0.29, 0.717) is 0 Å². The van der Waals surface area contributed by atoms with Gasteiger partial charge < -0.3 is 5.11 Å². The fraction of sp³-hybridized carbons (Fsp3) is 0.250. The summed E-state index contributed by atoms with van der Waals surface area (Å²) in [4.78, 5) is 4.10. The van der Waals surface area contributed by atoms with E-state index in [2.05, 4.69) is 17.1 Å². The van der Waals surface area contributed by atoms with Gasteiger partial charge in [0.05, 0.1) is 0 Å². The van der Waals surface area contributed by atoms with Crippen molar-refractivity contribution in [3.05, 3.63) is 52.5 Å². The van der Waals surface area contributed by atoms with Crippen LogP contribution in [0.15, 0.2) is 41.9 Å². The topological polar surface area (TPSA) is 33.1 Å². The van der Waals surface area contributed by atoms with Gasteiger partial charge in [-0.15, -0.1) is 11.3 Å². The molecule has 0 saturated heterocycles. The van der Waals surface area contributed by atoms with Crippen molar-refractivity contribution in [1.82, 2.24) is 4.98 Å². The summed E-state index contributed by atoms with van der Waals surface area (Å²) in [6.07, 6.45) is 2.93. The van der Waals surface area contributed by atoms with E-state index in [1.165, 1.54) is 16.9 Å². The van der Waals surface area contributed by atoms with Crippen molar-refractivity contribution in [2.24, 2.45) is 0 Å². The minimum absolute atomic E-state index is 0.426. The first-order valence-corrected chi connectivity index (χ1v) is 5.85. The highest BCUT2D eigenvalue weighted by molar-refractivity contribution is 7.09. The summed E-state index contributed by atoms with van der Waals surface area (Å²) >= 11 is 1.51. The van der Waals surface area contributed by atoms with Gasteiger partial charge in [-0.2, -0.15) is 0 Å². The highest BCUT2D eigenvalue weighted by atomic mass is 32.1. The molecule has 0 aliphatic carbocycles. The van der Waals surface area contributed by atoms with E-state index in [4.69, 9.17) is 0 Å². The molecule has 1 heterocycles. The third-order valence-electron chi connectivity index (χ3n) is 2.29. The van der Waals surface area contributed by atoms with Gasteiger partial charge in [-0.1, -0.05) is 30.3 Å². The average molecular weight is 219 g/mol. The number of aryl methyl sites for hydroxylation is 1. The largest absolute Gasteiger partial charge is 0.386 e. The normalized spacial score (nSPS) is 12.6. The average Bonchev–Trinajstić information content (AvgIpc) is 2.81. The fourth-order valence-corrected chi connectivity index (χ4v) is 2.13. The summed E-state index contributed by atoms with van der Waals surface area (Å²) < 4.78 is 0. The van der Waals surface area contributed by atoms with Crippen LogP contribution >= 0.6 is 11.3 Å². The maximum absolute atomic E-state index is 9.82. The summed E-state index contributed by atoms with van der Waals surface area (Å²) in [5.41, 5.74) is 1.26. The number of aliphatic hydroxyl groups excluding tert-OH is 1. The molecule has 2 rings (SSSR count). The number of nitrogens with zero attached hydrogens (tertiary/aromatic N) is 1. The van der Waals surface area contributed by atoms with Crippen LogP contribution in [0.3, 0.4) is 0 Å². The summed E-state index contributed by atoms with van der Waals surface area (Å²) in [7, 11) is 0. The van der Waals surface area contributed by atoms with Crippen LogP contribution in [-0.2, 0) is 6.42 Å².